The number of anilines is 2. The summed E-state index contributed by atoms with van der Waals surface area (Å²) in [6.45, 7) is 0. The van der Waals surface area contributed by atoms with Gasteiger partial charge in [-0.3, -0.25) is 4.72 Å². The van der Waals surface area contributed by atoms with Crippen LogP contribution in [0.3, 0.4) is 0 Å². The van der Waals surface area contributed by atoms with E-state index in [-0.39, 0.29) is 16.1 Å². The molecule has 0 fully saturated rings. The molecule has 0 saturated heterocycles. The van der Waals surface area contributed by atoms with Gasteiger partial charge in [-0.05, 0) is 30.3 Å². The second-order valence-corrected chi connectivity index (χ2v) is 7.80. The lowest BCUT2D eigenvalue weighted by Gasteiger charge is -2.20. The molecule has 0 atom stereocenters. The average Bonchev–Trinajstić information content (AvgIpc) is 3.01. The molecule has 3 rings (SSSR count). The van der Waals surface area contributed by atoms with Gasteiger partial charge >= 0.3 is 6.18 Å². The zero-order chi connectivity index (χ0) is 19.1. The Hall–Kier alpha value is -2.40. The minimum absolute atomic E-state index is 0.147. The molecule has 11 heteroatoms. The van der Waals surface area contributed by atoms with E-state index in [0.717, 1.165) is 23.9 Å². The van der Waals surface area contributed by atoms with Crippen LogP contribution in [-0.2, 0) is 16.2 Å². The standard InChI is InChI=1S/C15H13F3N4O2S2/c1-22(2)12-7-6-9(15(16,17)18)8-11(12)21-26(23,24)13-5-3-4-10-14(13)20-25-19-10/h3-8,21H,1-2H3. The number of nitrogens with zero attached hydrogens (tertiary/aromatic N) is 3. The molecular formula is C15H13F3N4O2S2. The quantitative estimate of drug-likeness (QED) is 0.722. The maximum absolute atomic E-state index is 13.0. The largest absolute Gasteiger partial charge is 0.416 e. The highest BCUT2D eigenvalue weighted by Gasteiger charge is 2.32. The molecule has 0 aliphatic carbocycles. The molecule has 26 heavy (non-hydrogen) atoms. The molecular weight excluding hydrogens is 389 g/mol. The number of hydrogen-bond acceptors (Lipinski definition) is 6. The number of aromatic nitrogens is 2. The fraction of sp³-hybridized carbons (Fsp3) is 0.200. The number of alkyl halides is 3. The summed E-state index contributed by atoms with van der Waals surface area (Å²) in [5.41, 5.74) is -0.261. The van der Waals surface area contributed by atoms with Gasteiger partial charge in [0.2, 0.25) is 0 Å². The lowest BCUT2D eigenvalue weighted by molar-refractivity contribution is -0.137. The van der Waals surface area contributed by atoms with Gasteiger partial charge in [0.05, 0.1) is 28.7 Å². The highest BCUT2D eigenvalue weighted by atomic mass is 32.2. The van der Waals surface area contributed by atoms with Gasteiger partial charge in [-0.2, -0.15) is 21.9 Å². The number of rotatable bonds is 4. The van der Waals surface area contributed by atoms with Gasteiger partial charge in [0, 0.05) is 14.1 Å². The molecule has 0 aliphatic rings. The molecule has 0 unspecified atom stereocenters. The molecule has 6 nitrogen and oxygen atoms in total. The van der Waals surface area contributed by atoms with Crippen molar-refractivity contribution in [3.8, 4) is 0 Å². The number of sulfonamides is 1. The third-order valence-corrected chi connectivity index (χ3v) is 5.53. The first-order chi connectivity index (χ1) is 12.1. The summed E-state index contributed by atoms with van der Waals surface area (Å²) in [6, 6.07) is 7.32. The van der Waals surface area contributed by atoms with Gasteiger partial charge in [0.15, 0.2) is 0 Å². The Bertz CT molecular complexity index is 1060. The summed E-state index contributed by atoms with van der Waals surface area (Å²) >= 11 is 0.854. The van der Waals surface area contributed by atoms with Crippen molar-refractivity contribution in [2.45, 2.75) is 11.1 Å². The number of halogens is 3. The van der Waals surface area contributed by atoms with Gasteiger partial charge in [0.1, 0.15) is 15.9 Å². The monoisotopic (exact) mass is 402 g/mol. The lowest BCUT2D eigenvalue weighted by Crippen LogP contribution is -2.18. The second-order valence-electron chi connectivity index (χ2n) is 5.62. The fourth-order valence-corrected chi connectivity index (χ4v) is 4.21. The summed E-state index contributed by atoms with van der Waals surface area (Å²) in [5.74, 6) is 0. The summed E-state index contributed by atoms with van der Waals surface area (Å²) in [5, 5.41) is 0. The Morgan fingerprint density at radius 2 is 1.85 bits per heavy atom. The first-order valence-corrected chi connectivity index (χ1v) is 9.43. The predicted molar refractivity (Wildman–Crippen MR) is 94.0 cm³/mol. The van der Waals surface area contributed by atoms with E-state index in [1.807, 2.05) is 0 Å². The van der Waals surface area contributed by atoms with E-state index in [9.17, 15) is 21.6 Å². The number of benzene rings is 2. The summed E-state index contributed by atoms with van der Waals surface area (Å²) < 4.78 is 74.8. The Morgan fingerprint density at radius 1 is 1.12 bits per heavy atom. The molecule has 3 aromatic rings. The Kier molecular flexibility index (Phi) is 4.53. The molecule has 0 aliphatic heterocycles. The van der Waals surface area contributed by atoms with Crippen molar-refractivity contribution in [3.63, 3.8) is 0 Å². The van der Waals surface area contributed by atoms with E-state index in [0.29, 0.717) is 11.2 Å². The molecule has 1 N–H and O–H groups in total. The van der Waals surface area contributed by atoms with E-state index < -0.39 is 21.8 Å². The van der Waals surface area contributed by atoms with Crippen molar-refractivity contribution < 1.29 is 21.6 Å². The third kappa shape index (κ3) is 3.44. The van der Waals surface area contributed by atoms with Crippen molar-refractivity contribution in [3.05, 3.63) is 42.0 Å². The fourth-order valence-electron chi connectivity index (χ4n) is 2.38. The molecule has 0 bridgehead atoms. The van der Waals surface area contributed by atoms with Crippen LogP contribution in [0.15, 0.2) is 41.3 Å². The van der Waals surface area contributed by atoms with Gasteiger partial charge in [-0.25, -0.2) is 8.42 Å². The lowest BCUT2D eigenvalue weighted by atomic mass is 10.1. The van der Waals surface area contributed by atoms with Crippen LogP contribution in [0.4, 0.5) is 24.5 Å². The zero-order valence-corrected chi connectivity index (χ0v) is 15.2. The van der Waals surface area contributed by atoms with E-state index in [2.05, 4.69) is 13.5 Å². The van der Waals surface area contributed by atoms with Crippen LogP contribution in [0.1, 0.15) is 5.56 Å². The second kappa shape index (κ2) is 6.40. The van der Waals surface area contributed by atoms with Crippen molar-refractivity contribution in [1.29, 1.82) is 0 Å². The van der Waals surface area contributed by atoms with Crippen molar-refractivity contribution in [2.24, 2.45) is 0 Å². The summed E-state index contributed by atoms with van der Waals surface area (Å²) in [6.07, 6.45) is -4.59. The predicted octanol–water partition coefficient (Wildman–Crippen LogP) is 3.58. The molecule has 1 heterocycles. The number of nitrogens with one attached hydrogen (secondary N) is 1. The van der Waals surface area contributed by atoms with Crippen LogP contribution >= 0.6 is 11.7 Å². The summed E-state index contributed by atoms with van der Waals surface area (Å²) in [7, 11) is -0.963. The van der Waals surface area contributed by atoms with E-state index in [1.54, 1.807) is 20.2 Å². The number of hydrogen-bond donors (Lipinski definition) is 1. The van der Waals surface area contributed by atoms with Crippen LogP contribution in [0.2, 0.25) is 0 Å². The van der Waals surface area contributed by atoms with Crippen LogP contribution in [0.5, 0.6) is 0 Å². The van der Waals surface area contributed by atoms with Gasteiger partial charge in [-0.15, -0.1) is 0 Å². The van der Waals surface area contributed by atoms with Crippen LogP contribution in [-0.4, -0.2) is 31.3 Å². The molecule has 0 radical (unpaired) electrons. The molecule has 0 amide bonds. The zero-order valence-electron chi connectivity index (χ0n) is 13.6. The highest BCUT2D eigenvalue weighted by molar-refractivity contribution is 7.93. The van der Waals surface area contributed by atoms with Crippen molar-refractivity contribution >= 4 is 44.2 Å². The Labute approximate surface area is 151 Å². The average molecular weight is 402 g/mol. The Morgan fingerprint density at radius 3 is 2.50 bits per heavy atom. The van der Waals surface area contributed by atoms with Crippen molar-refractivity contribution in [2.75, 3.05) is 23.7 Å². The highest BCUT2D eigenvalue weighted by Crippen LogP contribution is 2.36. The molecule has 0 spiro atoms. The smallest absolute Gasteiger partial charge is 0.376 e. The Balaban J connectivity index is 2.11. The first kappa shape index (κ1) is 18.4. The van der Waals surface area contributed by atoms with Gasteiger partial charge < -0.3 is 4.90 Å². The number of fused-ring (bicyclic) bond motifs is 1. The minimum Gasteiger partial charge on any atom is -0.376 e. The molecule has 138 valence electrons. The van der Waals surface area contributed by atoms with E-state index >= 15 is 0 Å². The van der Waals surface area contributed by atoms with Gasteiger partial charge in [-0.1, -0.05) is 6.07 Å². The molecule has 0 saturated carbocycles. The normalized spacial score (nSPS) is 12.3. The first-order valence-electron chi connectivity index (χ1n) is 7.22. The molecule has 1 aromatic heterocycles. The van der Waals surface area contributed by atoms with Crippen LogP contribution in [0, 0.1) is 0 Å². The maximum atomic E-state index is 13.0. The third-order valence-electron chi connectivity index (χ3n) is 3.59. The van der Waals surface area contributed by atoms with Crippen LogP contribution in [0.25, 0.3) is 11.0 Å². The van der Waals surface area contributed by atoms with E-state index in [4.69, 9.17) is 0 Å². The van der Waals surface area contributed by atoms with Gasteiger partial charge in [0.25, 0.3) is 10.0 Å². The minimum atomic E-state index is -4.59. The topological polar surface area (TPSA) is 75.2 Å². The maximum Gasteiger partial charge on any atom is 0.416 e. The molecule has 2 aromatic carbocycles. The SMILES string of the molecule is CN(C)c1ccc(C(F)(F)F)cc1NS(=O)(=O)c1cccc2nsnc12. The van der Waals surface area contributed by atoms with Crippen LogP contribution < -0.4 is 9.62 Å². The summed E-state index contributed by atoms with van der Waals surface area (Å²) in [4.78, 5) is 1.37. The van der Waals surface area contributed by atoms with E-state index in [1.165, 1.54) is 23.1 Å². The van der Waals surface area contributed by atoms with Crippen molar-refractivity contribution in [1.82, 2.24) is 8.75 Å².